The molecule has 0 saturated carbocycles. The van der Waals surface area contributed by atoms with Gasteiger partial charge in [-0.15, -0.1) is 0 Å². The number of benzene rings is 1. The van der Waals surface area contributed by atoms with Gasteiger partial charge in [0.15, 0.2) is 0 Å². The van der Waals surface area contributed by atoms with Crippen LogP contribution in [0.3, 0.4) is 0 Å². The van der Waals surface area contributed by atoms with E-state index in [0.717, 1.165) is 53.9 Å². The molecule has 4 heterocycles. The van der Waals surface area contributed by atoms with Gasteiger partial charge in [0.25, 0.3) is 0 Å². The number of alkyl carbamates (subject to hydrolysis) is 1. The molecule has 3 aliphatic heterocycles. The molecular weight excluding hydrogens is 422 g/mol. The van der Waals surface area contributed by atoms with Crippen LogP contribution in [0.1, 0.15) is 51.7 Å². The van der Waals surface area contributed by atoms with Crippen LogP contribution in [0.25, 0.3) is 10.9 Å². The van der Waals surface area contributed by atoms with Crippen molar-refractivity contribution in [3.63, 3.8) is 0 Å². The summed E-state index contributed by atoms with van der Waals surface area (Å²) in [7, 11) is 1.66. The minimum Gasteiger partial charge on any atom is -0.497 e. The maximum atomic E-state index is 12.9. The van der Waals surface area contributed by atoms with E-state index >= 15 is 0 Å². The summed E-state index contributed by atoms with van der Waals surface area (Å²) in [4.78, 5) is 20.0. The lowest BCUT2D eigenvalue weighted by Crippen LogP contribution is -2.56. The van der Waals surface area contributed by atoms with E-state index < -0.39 is 0 Å². The van der Waals surface area contributed by atoms with E-state index in [1.165, 1.54) is 6.42 Å². The summed E-state index contributed by atoms with van der Waals surface area (Å²) in [6, 6.07) is 8.00. The number of pyridine rings is 1. The number of carbonyl (C=O) groups is 1. The number of amides is 1. The molecule has 7 heteroatoms. The fraction of sp³-hybridized carbons (Fsp3) is 0.600. The van der Waals surface area contributed by atoms with Crippen molar-refractivity contribution in [1.29, 1.82) is 0 Å². The number of ether oxygens (including phenoxy) is 2. The monoisotopic (exact) mass is 457 g/mol. The SMILES string of the molecule is COc1ccc2nccc([C@@H](OC(=O)NC(C)(C)C)[C@@H]3CC4CCN3CC4CCS)c2c1. The fourth-order valence-electron chi connectivity index (χ4n) is 5.31. The van der Waals surface area contributed by atoms with Crippen molar-refractivity contribution in [2.45, 2.75) is 57.7 Å². The van der Waals surface area contributed by atoms with Crippen LogP contribution in [-0.2, 0) is 4.74 Å². The van der Waals surface area contributed by atoms with E-state index in [1.807, 2.05) is 51.2 Å². The van der Waals surface area contributed by atoms with E-state index in [9.17, 15) is 4.79 Å². The molecule has 5 atom stereocenters. The lowest BCUT2D eigenvalue weighted by atomic mass is 9.72. The Morgan fingerprint density at radius 2 is 2.16 bits per heavy atom. The van der Waals surface area contributed by atoms with Crippen LogP contribution >= 0.6 is 12.6 Å². The highest BCUT2D eigenvalue weighted by Crippen LogP contribution is 2.44. The van der Waals surface area contributed by atoms with Crippen LogP contribution in [-0.4, -0.2) is 53.5 Å². The number of fused-ring (bicyclic) bond motifs is 4. The largest absolute Gasteiger partial charge is 0.497 e. The summed E-state index contributed by atoms with van der Waals surface area (Å²) in [5, 5.41) is 3.94. The Kier molecular flexibility index (Phi) is 6.86. The molecule has 0 radical (unpaired) electrons. The highest BCUT2D eigenvalue weighted by Gasteiger charge is 2.45. The molecule has 0 spiro atoms. The molecule has 1 N–H and O–H groups in total. The third-order valence-electron chi connectivity index (χ3n) is 6.79. The molecule has 3 fully saturated rings. The number of thiol groups is 1. The van der Waals surface area contributed by atoms with Gasteiger partial charge in [0.1, 0.15) is 11.9 Å². The first-order valence-corrected chi connectivity index (χ1v) is 12.2. The van der Waals surface area contributed by atoms with Crippen molar-refractivity contribution in [2.24, 2.45) is 11.8 Å². The van der Waals surface area contributed by atoms with Gasteiger partial charge in [0, 0.05) is 29.2 Å². The van der Waals surface area contributed by atoms with Crippen molar-refractivity contribution >= 4 is 29.6 Å². The molecule has 3 saturated heterocycles. The van der Waals surface area contributed by atoms with Gasteiger partial charge in [0.05, 0.1) is 18.7 Å². The van der Waals surface area contributed by atoms with Gasteiger partial charge in [-0.05, 0) is 88.4 Å². The molecule has 3 aliphatic rings. The lowest BCUT2D eigenvalue weighted by Gasteiger charge is -2.52. The zero-order valence-electron chi connectivity index (χ0n) is 19.5. The quantitative estimate of drug-likeness (QED) is 0.608. The molecule has 32 heavy (non-hydrogen) atoms. The van der Waals surface area contributed by atoms with Crippen LogP contribution in [0.2, 0.25) is 0 Å². The molecular formula is C25H35N3O3S. The van der Waals surface area contributed by atoms with Gasteiger partial charge in [-0.25, -0.2) is 4.79 Å². The number of nitrogens with one attached hydrogen (secondary N) is 1. The Morgan fingerprint density at radius 1 is 1.34 bits per heavy atom. The Bertz CT molecular complexity index is 961. The molecule has 1 amide bonds. The van der Waals surface area contributed by atoms with Crippen molar-refractivity contribution in [1.82, 2.24) is 15.2 Å². The summed E-state index contributed by atoms with van der Waals surface area (Å²) in [6.45, 7) is 7.98. The Hall–Kier alpha value is -1.99. The van der Waals surface area contributed by atoms with Gasteiger partial charge in [-0.3, -0.25) is 9.88 Å². The van der Waals surface area contributed by atoms with E-state index in [-0.39, 0.29) is 23.8 Å². The molecule has 174 valence electrons. The highest BCUT2D eigenvalue weighted by atomic mass is 32.1. The number of nitrogens with zero attached hydrogens (tertiary/aromatic N) is 2. The minimum atomic E-state index is -0.384. The predicted octanol–water partition coefficient (Wildman–Crippen LogP) is 4.84. The summed E-state index contributed by atoms with van der Waals surface area (Å²) < 4.78 is 11.7. The number of aromatic nitrogens is 1. The van der Waals surface area contributed by atoms with Crippen LogP contribution < -0.4 is 10.1 Å². The molecule has 3 unspecified atom stereocenters. The number of hydrogen-bond acceptors (Lipinski definition) is 6. The van der Waals surface area contributed by atoms with E-state index in [1.54, 1.807) is 7.11 Å². The maximum absolute atomic E-state index is 12.9. The average Bonchev–Trinajstić information content (AvgIpc) is 2.76. The summed E-state index contributed by atoms with van der Waals surface area (Å²) in [5.74, 6) is 3.01. The van der Waals surface area contributed by atoms with Gasteiger partial charge < -0.3 is 14.8 Å². The van der Waals surface area contributed by atoms with Crippen molar-refractivity contribution in [3.05, 3.63) is 36.0 Å². The number of methoxy groups -OCH3 is 1. The van der Waals surface area contributed by atoms with Gasteiger partial charge in [0.2, 0.25) is 0 Å². The number of rotatable bonds is 6. The van der Waals surface area contributed by atoms with Crippen LogP contribution in [0.15, 0.2) is 30.5 Å². The van der Waals surface area contributed by atoms with E-state index in [2.05, 4.69) is 27.8 Å². The Labute approximate surface area is 196 Å². The molecule has 6 nitrogen and oxygen atoms in total. The average molecular weight is 458 g/mol. The van der Waals surface area contributed by atoms with Gasteiger partial charge in [-0.2, -0.15) is 12.6 Å². The smallest absolute Gasteiger partial charge is 0.408 e. The maximum Gasteiger partial charge on any atom is 0.408 e. The first-order chi connectivity index (χ1) is 15.3. The van der Waals surface area contributed by atoms with Crippen LogP contribution in [0.5, 0.6) is 5.75 Å². The first kappa shape index (κ1) is 23.2. The van der Waals surface area contributed by atoms with Crippen molar-refractivity contribution < 1.29 is 14.3 Å². The third-order valence-corrected chi connectivity index (χ3v) is 7.04. The van der Waals surface area contributed by atoms with Gasteiger partial charge in [-0.1, -0.05) is 0 Å². The second-order valence-corrected chi connectivity index (χ2v) is 10.6. The summed E-state index contributed by atoms with van der Waals surface area (Å²) in [6.07, 6.45) is 4.42. The van der Waals surface area contributed by atoms with E-state index in [4.69, 9.17) is 9.47 Å². The third kappa shape index (κ3) is 4.99. The second kappa shape index (κ2) is 9.48. The minimum absolute atomic E-state index is 0.146. The highest BCUT2D eigenvalue weighted by molar-refractivity contribution is 7.80. The molecule has 2 aromatic rings. The summed E-state index contributed by atoms with van der Waals surface area (Å²) >= 11 is 4.47. The van der Waals surface area contributed by atoms with Gasteiger partial charge >= 0.3 is 6.09 Å². The van der Waals surface area contributed by atoms with Crippen LogP contribution in [0, 0.1) is 11.8 Å². The zero-order chi connectivity index (χ0) is 22.9. The molecule has 0 aliphatic carbocycles. The fourth-order valence-corrected chi connectivity index (χ4v) is 5.64. The molecule has 5 rings (SSSR count). The number of hydrogen-bond donors (Lipinski definition) is 2. The predicted molar refractivity (Wildman–Crippen MR) is 130 cm³/mol. The summed E-state index contributed by atoms with van der Waals surface area (Å²) in [5.41, 5.74) is 1.49. The topological polar surface area (TPSA) is 63.7 Å². The number of carbonyl (C=O) groups excluding carboxylic acids is 1. The van der Waals surface area contributed by atoms with Crippen molar-refractivity contribution in [3.8, 4) is 5.75 Å². The first-order valence-electron chi connectivity index (χ1n) is 11.6. The standard InChI is InChI=1S/C25H35N3O3S/c1-25(2,3)27-24(29)31-23(22-13-16-8-11-28(22)15-17(16)9-12-32)19-7-10-26-21-6-5-18(30-4)14-20(19)21/h5-7,10,14,16-17,22-23,32H,8-9,11-13,15H2,1-4H3,(H,27,29)/t16?,17?,22-,23+/m0/s1. The number of piperidine rings is 3. The van der Waals surface area contributed by atoms with Crippen molar-refractivity contribution in [2.75, 3.05) is 26.0 Å². The Balaban J connectivity index is 1.71. The lowest BCUT2D eigenvalue weighted by molar-refractivity contribution is -0.0608. The Morgan fingerprint density at radius 3 is 2.81 bits per heavy atom. The molecule has 1 aromatic carbocycles. The van der Waals surface area contributed by atoms with Crippen LogP contribution in [0.4, 0.5) is 4.79 Å². The van der Waals surface area contributed by atoms with E-state index in [0.29, 0.717) is 11.8 Å². The normalized spacial score (nSPS) is 26.0. The molecule has 1 aromatic heterocycles. The zero-order valence-corrected chi connectivity index (χ0v) is 20.4. The second-order valence-electron chi connectivity index (χ2n) is 10.1. The molecule has 2 bridgehead atoms.